The molecule has 0 radical (unpaired) electrons. The van der Waals surface area contributed by atoms with Gasteiger partial charge in [-0.25, -0.2) is 0 Å². The first-order valence-corrected chi connectivity index (χ1v) is 12.3. The van der Waals surface area contributed by atoms with Gasteiger partial charge in [-0.3, -0.25) is 4.99 Å². The van der Waals surface area contributed by atoms with Crippen LogP contribution in [0, 0.1) is 0 Å². The average molecular weight is 423 g/mol. The summed E-state index contributed by atoms with van der Waals surface area (Å²) in [5.41, 5.74) is 4.42. The van der Waals surface area contributed by atoms with Crippen LogP contribution in [-0.4, -0.2) is 33.8 Å². The maximum Gasteiger partial charge on any atom is 0.191 e. The minimum absolute atomic E-state index is 0.234. The lowest BCUT2D eigenvalue weighted by molar-refractivity contribution is 0.597. The van der Waals surface area contributed by atoms with Crippen molar-refractivity contribution in [2.45, 2.75) is 90.6 Å². The molecule has 1 aliphatic carbocycles. The maximum atomic E-state index is 4.83. The van der Waals surface area contributed by atoms with Gasteiger partial charge in [0.15, 0.2) is 5.96 Å². The summed E-state index contributed by atoms with van der Waals surface area (Å²) < 4.78 is 2.35. The molecule has 2 aromatic rings. The van der Waals surface area contributed by atoms with Crippen LogP contribution in [0.5, 0.6) is 0 Å². The van der Waals surface area contributed by atoms with Crippen LogP contribution in [0.4, 0.5) is 0 Å². The van der Waals surface area contributed by atoms with Gasteiger partial charge in [-0.1, -0.05) is 24.6 Å². The van der Waals surface area contributed by atoms with Crippen molar-refractivity contribution >= 4 is 5.96 Å². The first kappa shape index (κ1) is 21.8. The van der Waals surface area contributed by atoms with Gasteiger partial charge in [-0.05, 0) is 75.5 Å². The molecule has 4 rings (SSSR count). The van der Waals surface area contributed by atoms with Gasteiger partial charge >= 0.3 is 0 Å². The van der Waals surface area contributed by atoms with E-state index in [0.29, 0.717) is 0 Å². The Balaban J connectivity index is 1.32. The monoisotopic (exact) mass is 422 g/mol. The van der Waals surface area contributed by atoms with Crippen molar-refractivity contribution < 1.29 is 0 Å². The SMILES string of the molecule is CCNC(=NCCCc1nnc2n1CCCCC2)NC(C)c1ccc2c(c1)CCCC2. The molecule has 1 aliphatic heterocycles. The number of nitrogens with one attached hydrogen (secondary N) is 2. The van der Waals surface area contributed by atoms with Crippen molar-refractivity contribution in [1.29, 1.82) is 0 Å². The smallest absolute Gasteiger partial charge is 0.191 e. The summed E-state index contributed by atoms with van der Waals surface area (Å²) in [4.78, 5) is 4.83. The van der Waals surface area contributed by atoms with Crippen molar-refractivity contribution in [2.75, 3.05) is 13.1 Å². The van der Waals surface area contributed by atoms with Crippen LogP contribution in [0.3, 0.4) is 0 Å². The molecule has 2 N–H and O–H groups in total. The first-order chi connectivity index (χ1) is 15.2. The van der Waals surface area contributed by atoms with E-state index in [0.717, 1.165) is 50.7 Å². The minimum Gasteiger partial charge on any atom is -0.357 e. The van der Waals surface area contributed by atoms with Crippen molar-refractivity contribution in [3.05, 3.63) is 46.5 Å². The molecule has 6 heteroatoms. The number of benzene rings is 1. The lowest BCUT2D eigenvalue weighted by atomic mass is 9.89. The van der Waals surface area contributed by atoms with E-state index in [9.17, 15) is 0 Å². The molecule has 0 spiro atoms. The van der Waals surface area contributed by atoms with Gasteiger partial charge in [0.1, 0.15) is 11.6 Å². The fourth-order valence-corrected chi connectivity index (χ4v) is 4.79. The highest BCUT2D eigenvalue weighted by molar-refractivity contribution is 5.80. The molecule has 0 amide bonds. The van der Waals surface area contributed by atoms with Crippen LogP contribution in [0.2, 0.25) is 0 Å². The molecular weight excluding hydrogens is 384 g/mol. The zero-order valence-electron chi connectivity index (χ0n) is 19.3. The van der Waals surface area contributed by atoms with Crippen LogP contribution in [-0.2, 0) is 32.2 Å². The van der Waals surface area contributed by atoms with E-state index in [1.54, 1.807) is 0 Å². The van der Waals surface area contributed by atoms with Gasteiger partial charge in [0.05, 0.1) is 6.04 Å². The molecule has 0 saturated heterocycles. The molecule has 2 heterocycles. The summed E-state index contributed by atoms with van der Waals surface area (Å²) in [6.45, 7) is 7.06. The van der Waals surface area contributed by atoms with Crippen molar-refractivity contribution in [3.8, 4) is 0 Å². The van der Waals surface area contributed by atoms with Crippen LogP contribution < -0.4 is 10.6 Å². The van der Waals surface area contributed by atoms with Gasteiger partial charge in [0, 0.05) is 32.5 Å². The molecule has 0 fully saturated rings. The summed E-state index contributed by atoms with van der Waals surface area (Å²) in [5.74, 6) is 3.20. The number of hydrogen-bond donors (Lipinski definition) is 2. The van der Waals surface area contributed by atoms with Crippen molar-refractivity contribution in [1.82, 2.24) is 25.4 Å². The van der Waals surface area contributed by atoms with Gasteiger partial charge in [0.25, 0.3) is 0 Å². The molecule has 2 aliphatic rings. The Morgan fingerprint density at radius 3 is 2.77 bits per heavy atom. The number of nitrogens with zero attached hydrogens (tertiary/aromatic N) is 4. The predicted octanol–water partition coefficient (Wildman–Crippen LogP) is 4.13. The molecule has 0 saturated carbocycles. The Bertz CT molecular complexity index is 884. The third-order valence-electron chi connectivity index (χ3n) is 6.58. The van der Waals surface area contributed by atoms with E-state index < -0.39 is 0 Å². The third kappa shape index (κ3) is 5.66. The summed E-state index contributed by atoms with van der Waals surface area (Å²) in [5, 5.41) is 15.9. The summed E-state index contributed by atoms with van der Waals surface area (Å²) >= 11 is 0. The predicted molar refractivity (Wildman–Crippen MR) is 127 cm³/mol. The molecule has 1 atom stereocenters. The largest absolute Gasteiger partial charge is 0.357 e. The lowest BCUT2D eigenvalue weighted by Crippen LogP contribution is -2.38. The highest BCUT2D eigenvalue weighted by atomic mass is 15.3. The van der Waals surface area contributed by atoms with Gasteiger partial charge in [-0.2, -0.15) is 0 Å². The zero-order chi connectivity index (χ0) is 21.5. The van der Waals surface area contributed by atoms with Crippen LogP contribution in [0.25, 0.3) is 0 Å². The molecular formula is C25H38N6. The molecule has 1 aromatic heterocycles. The number of aliphatic imine (C=N–C) groups is 1. The minimum atomic E-state index is 0.234. The third-order valence-corrected chi connectivity index (χ3v) is 6.58. The molecule has 168 valence electrons. The maximum absolute atomic E-state index is 4.83. The number of hydrogen-bond acceptors (Lipinski definition) is 3. The molecule has 0 bridgehead atoms. The van der Waals surface area contributed by atoms with E-state index in [1.807, 2.05) is 0 Å². The topological polar surface area (TPSA) is 67.1 Å². The fourth-order valence-electron chi connectivity index (χ4n) is 4.79. The van der Waals surface area contributed by atoms with Gasteiger partial charge in [0.2, 0.25) is 0 Å². The fraction of sp³-hybridized carbons (Fsp3) is 0.640. The average Bonchev–Trinajstić information content (AvgIpc) is 3.01. The number of rotatable bonds is 7. The number of fused-ring (bicyclic) bond motifs is 2. The Hall–Kier alpha value is -2.37. The second kappa shape index (κ2) is 10.8. The normalized spacial score (nSPS) is 17.4. The Morgan fingerprint density at radius 1 is 1.06 bits per heavy atom. The Morgan fingerprint density at radius 2 is 1.90 bits per heavy atom. The van der Waals surface area contributed by atoms with Gasteiger partial charge < -0.3 is 15.2 Å². The molecule has 31 heavy (non-hydrogen) atoms. The van der Waals surface area contributed by atoms with E-state index in [1.165, 1.54) is 67.5 Å². The zero-order valence-corrected chi connectivity index (χ0v) is 19.3. The Kier molecular flexibility index (Phi) is 7.60. The highest BCUT2D eigenvalue weighted by Gasteiger charge is 2.15. The summed E-state index contributed by atoms with van der Waals surface area (Å²) in [7, 11) is 0. The van der Waals surface area contributed by atoms with E-state index >= 15 is 0 Å². The second-order valence-corrected chi connectivity index (χ2v) is 8.96. The number of aryl methyl sites for hydroxylation is 4. The second-order valence-electron chi connectivity index (χ2n) is 8.96. The van der Waals surface area contributed by atoms with Gasteiger partial charge in [-0.15, -0.1) is 10.2 Å². The quantitative estimate of drug-likeness (QED) is 0.400. The van der Waals surface area contributed by atoms with Crippen LogP contribution >= 0.6 is 0 Å². The van der Waals surface area contributed by atoms with E-state index in [4.69, 9.17) is 4.99 Å². The number of aromatic nitrogens is 3. The molecule has 1 aromatic carbocycles. The van der Waals surface area contributed by atoms with E-state index in [2.05, 4.69) is 57.4 Å². The van der Waals surface area contributed by atoms with Crippen molar-refractivity contribution in [3.63, 3.8) is 0 Å². The number of guanidine groups is 1. The van der Waals surface area contributed by atoms with Crippen molar-refractivity contribution in [2.24, 2.45) is 4.99 Å². The molecule has 1 unspecified atom stereocenters. The lowest BCUT2D eigenvalue weighted by Gasteiger charge is -2.21. The van der Waals surface area contributed by atoms with Crippen LogP contribution in [0.1, 0.15) is 86.8 Å². The Labute approximate surface area is 187 Å². The molecule has 6 nitrogen and oxygen atoms in total. The highest BCUT2D eigenvalue weighted by Crippen LogP contribution is 2.24. The standard InChI is InChI=1S/C25H38N6/c1-3-26-25(28-19(2)21-15-14-20-10-6-7-11-22(20)18-21)27-16-9-13-24-30-29-23-12-5-4-8-17-31(23)24/h14-15,18-19H,3-13,16-17H2,1-2H3,(H2,26,27,28). The summed E-state index contributed by atoms with van der Waals surface area (Å²) in [6, 6.07) is 7.24. The van der Waals surface area contributed by atoms with E-state index in [-0.39, 0.29) is 6.04 Å². The van der Waals surface area contributed by atoms with Crippen LogP contribution in [0.15, 0.2) is 23.2 Å². The summed E-state index contributed by atoms with van der Waals surface area (Å²) in [6.07, 6.45) is 11.9. The first-order valence-electron chi connectivity index (χ1n) is 12.3.